The predicted molar refractivity (Wildman–Crippen MR) is 61.8 cm³/mol. The predicted octanol–water partition coefficient (Wildman–Crippen LogP) is 1.87. The Hall–Kier alpha value is -1.42. The molecule has 1 fully saturated rings. The van der Waals surface area contributed by atoms with E-state index in [2.05, 4.69) is 5.32 Å². The minimum atomic E-state index is -0.341. The third-order valence-electron chi connectivity index (χ3n) is 2.75. The maximum Gasteiger partial charge on any atom is 0.320 e. The van der Waals surface area contributed by atoms with Crippen LogP contribution < -0.4 is 5.32 Å². The minimum Gasteiger partial charge on any atom is -0.460 e. The normalized spacial score (nSPS) is 14.6. The molecule has 92 valence electrons. The van der Waals surface area contributed by atoms with E-state index in [-0.39, 0.29) is 24.9 Å². The molecule has 0 unspecified atom stereocenters. The lowest BCUT2D eigenvalue weighted by molar-refractivity contribution is -0.143. The van der Waals surface area contributed by atoms with Gasteiger partial charge in [0.05, 0.1) is 6.54 Å². The maximum atomic E-state index is 13.2. The molecule has 0 amide bonds. The van der Waals surface area contributed by atoms with Gasteiger partial charge in [-0.25, -0.2) is 4.39 Å². The molecule has 1 saturated carbocycles. The summed E-state index contributed by atoms with van der Waals surface area (Å²) in [5.74, 6) is 0.0505. The van der Waals surface area contributed by atoms with Gasteiger partial charge < -0.3 is 10.1 Å². The Morgan fingerprint density at radius 2 is 2.18 bits per heavy atom. The summed E-state index contributed by atoms with van der Waals surface area (Å²) >= 11 is 0. The highest BCUT2D eigenvalue weighted by Gasteiger charge is 2.20. The summed E-state index contributed by atoms with van der Waals surface area (Å²) in [5.41, 5.74) is 0.406. The lowest BCUT2D eigenvalue weighted by Crippen LogP contribution is -2.26. The zero-order chi connectivity index (χ0) is 12.1. The molecule has 0 heterocycles. The molecule has 4 heteroatoms. The fourth-order valence-electron chi connectivity index (χ4n) is 1.53. The number of carbonyl (C=O) groups excluding carboxylic acids is 1. The largest absolute Gasteiger partial charge is 0.460 e. The van der Waals surface area contributed by atoms with Gasteiger partial charge in [0.15, 0.2) is 0 Å². The van der Waals surface area contributed by atoms with Crippen molar-refractivity contribution in [1.29, 1.82) is 0 Å². The van der Waals surface area contributed by atoms with Gasteiger partial charge in [-0.2, -0.15) is 0 Å². The van der Waals surface area contributed by atoms with Crippen LogP contribution in [0.4, 0.5) is 4.39 Å². The van der Waals surface area contributed by atoms with Crippen molar-refractivity contribution in [2.45, 2.75) is 19.4 Å². The molecule has 2 rings (SSSR count). The van der Waals surface area contributed by atoms with Gasteiger partial charge in [-0.3, -0.25) is 4.79 Å². The zero-order valence-electron chi connectivity index (χ0n) is 9.62. The fourth-order valence-corrected chi connectivity index (χ4v) is 1.53. The van der Waals surface area contributed by atoms with E-state index in [9.17, 15) is 9.18 Å². The van der Waals surface area contributed by atoms with Crippen LogP contribution in [0.25, 0.3) is 0 Å². The van der Waals surface area contributed by atoms with Crippen LogP contribution in [0, 0.1) is 11.7 Å². The van der Waals surface area contributed by atoms with E-state index in [0.29, 0.717) is 5.56 Å². The summed E-state index contributed by atoms with van der Waals surface area (Å²) in [5, 5.41) is 3.03. The quantitative estimate of drug-likeness (QED) is 0.768. The number of esters is 1. The van der Waals surface area contributed by atoms with E-state index >= 15 is 0 Å². The Kier molecular flexibility index (Phi) is 4.09. The first kappa shape index (κ1) is 12.0. The number of ether oxygens (including phenoxy) is 1. The lowest BCUT2D eigenvalue weighted by Gasteiger charge is -2.06. The van der Waals surface area contributed by atoms with Crippen molar-refractivity contribution >= 4 is 5.97 Å². The van der Waals surface area contributed by atoms with Crippen molar-refractivity contribution in [3.63, 3.8) is 0 Å². The average molecular weight is 237 g/mol. The Labute approximate surface area is 100.0 Å². The Morgan fingerprint density at radius 1 is 1.41 bits per heavy atom. The van der Waals surface area contributed by atoms with Crippen LogP contribution in [0.5, 0.6) is 0 Å². The molecule has 0 aromatic heterocycles. The number of rotatable bonds is 6. The average Bonchev–Trinajstić information content (AvgIpc) is 3.12. The molecule has 0 spiro atoms. The molecule has 1 aromatic carbocycles. The number of halogens is 1. The first-order valence-electron chi connectivity index (χ1n) is 5.85. The molecular weight excluding hydrogens is 221 g/mol. The molecule has 17 heavy (non-hydrogen) atoms. The van der Waals surface area contributed by atoms with Crippen molar-refractivity contribution in [1.82, 2.24) is 5.32 Å². The Bertz CT molecular complexity index is 391. The highest BCUT2D eigenvalue weighted by atomic mass is 19.1. The number of nitrogens with one attached hydrogen (secondary N) is 1. The van der Waals surface area contributed by atoms with Gasteiger partial charge in [-0.15, -0.1) is 0 Å². The number of benzene rings is 1. The lowest BCUT2D eigenvalue weighted by atomic mass is 10.2. The summed E-state index contributed by atoms with van der Waals surface area (Å²) in [4.78, 5) is 11.3. The van der Waals surface area contributed by atoms with Gasteiger partial charge in [0, 0.05) is 5.56 Å². The van der Waals surface area contributed by atoms with Crippen molar-refractivity contribution in [3.05, 3.63) is 35.6 Å². The maximum absolute atomic E-state index is 13.2. The van der Waals surface area contributed by atoms with Crippen LogP contribution in [0.3, 0.4) is 0 Å². The summed E-state index contributed by atoms with van der Waals surface area (Å²) < 4.78 is 18.2. The molecule has 1 aliphatic rings. The third-order valence-corrected chi connectivity index (χ3v) is 2.75. The molecule has 0 bridgehead atoms. The Balaban J connectivity index is 1.66. The molecule has 1 N–H and O–H groups in total. The van der Waals surface area contributed by atoms with Crippen LogP contribution in [-0.4, -0.2) is 19.1 Å². The fraction of sp³-hybridized carbons (Fsp3) is 0.462. The van der Waals surface area contributed by atoms with Crippen molar-refractivity contribution in [2.24, 2.45) is 5.92 Å². The molecule has 0 saturated heterocycles. The van der Waals surface area contributed by atoms with Crippen LogP contribution in [0.2, 0.25) is 0 Å². The molecule has 1 aliphatic carbocycles. The van der Waals surface area contributed by atoms with Crippen molar-refractivity contribution < 1.29 is 13.9 Å². The van der Waals surface area contributed by atoms with Gasteiger partial charge in [0.25, 0.3) is 0 Å². The topological polar surface area (TPSA) is 38.3 Å². The smallest absolute Gasteiger partial charge is 0.320 e. The summed E-state index contributed by atoms with van der Waals surface area (Å²) in [6.45, 7) is 1.07. The second kappa shape index (κ2) is 5.77. The molecular formula is C13H16FNO2. The van der Waals surface area contributed by atoms with Gasteiger partial charge in [-0.05, 0) is 31.4 Å². The van der Waals surface area contributed by atoms with Crippen molar-refractivity contribution in [2.75, 3.05) is 13.1 Å². The SMILES string of the molecule is O=C(CNCC1CC1)OCc1ccccc1F. The summed E-state index contributed by atoms with van der Waals surface area (Å²) in [7, 11) is 0. The van der Waals surface area contributed by atoms with Crippen LogP contribution in [0.15, 0.2) is 24.3 Å². The first-order valence-corrected chi connectivity index (χ1v) is 5.85. The van der Waals surface area contributed by atoms with E-state index in [1.165, 1.54) is 18.9 Å². The first-order chi connectivity index (χ1) is 8.25. The highest BCUT2D eigenvalue weighted by Crippen LogP contribution is 2.27. The van der Waals surface area contributed by atoms with E-state index in [4.69, 9.17) is 4.74 Å². The highest BCUT2D eigenvalue weighted by molar-refractivity contribution is 5.71. The standard InChI is InChI=1S/C13H16FNO2/c14-12-4-2-1-3-11(12)9-17-13(16)8-15-7-10-5-6-10/h1-4,10,15H,5-9H2. The Morgan fingerprint density at radius 3 is 2.88 bits per heavy atom. The van der Waals surface area contributed by atoms with E-state index in [1.807, 2.05) is 0 Å². The number of hydrogen-bond acceptors (Lipinski definition) is 3. The van der Waals surface area contributed by atoms with Gasteiger partial charge in [-0.1, -0.05) is 18.2 Å². The summed E-state index contributed by atoms with van der Waals surface area (Å²) in [6, 6.07) is 6.30. The number of hydrogen-bond donors (Lipinski definition) is 1. The van der Waals surface area contributed by atoms with Gasteiger partial charge in [0.1, 0.15) is 12.4 Å². The van der Waals surface area contributed by atoms with Crippen LogP contribution >= 0.6 is 0 Å². The van der Waals surface area contributed by atoms with Crippen LogP contribution in [-0.2, 0) is 16.1 Å². The van der Waals surface area contributed by atoms with Crippen molar-refractivity contribution in [3.8, 4) is 0 Å². The number of carbonyl (C=O) groups is 1. The minimum absolute atomic E-state index is 0.00336. The third kappa shape index (κ3) is 4.15. The zero-order valence-corrected chi connectivity index (χ0v) is 9.62. The molecule has 0 aliphatic heterocycles. The van der Waals surface area contributed by atoms with Crippen LogP contribution in [0.1, 0.15) is 18.4 Å². The van der Waals surface area contributed by atoms with E-state index in [0.717, 1.165) is 12.5 Å². The molecule has 3 nitrogen and oxygen atoms in total. The van der Waals surface area contributed by atoms with E-state index < -0.39 is 0 Å². The monoisotopic (exact) mass is 237 g/mol. The van der Waals surface area contributed by atoms with Gasteiger partial charge in [0.2, 0.25) is 0 Å². The van der Waals surface area contributed by atoms with E-state index in [1.54, 1.807) is 18.2 Å². The second-order valence-electron chi connectivity index (χ2n) is 4.33. The molecule has 0 radical (unpaired) electrons. The second-order valence-corrected chi connectivity index (χ2v) is 4.33. The molecule has 1 aromatic rings. The van der Waals surface area contributed by atoms with Gasteiger partial charge >= 0.3 is 5.97 Å². The summed E-state index contributed by atoms with van der Waals surface area (Å²) in [6.07, 6.45) is 2.49. The molecule has 0 atom stereocenters.